The minimum atomic E-state index is 0.645. The van der Waals surface area contributed by atoms with Crippen LogP contribution in [0.2, 0.25) is 0 Å². The first-order chi connectivity index (χ1) is 7.95. The van der Waals surface area contributed by atoms with Crippen LogP contribution in [0.5, 0.6) is 0 Å². The first-order valence-corrected chi connectivity index (χ1v) is 6.77. The summed E-state index contributed by atoms with van der Waals surface area (Å²) in [5.41, 5.74) is 3.19. The molecule has 0 radical (unpaired) electrons. The fourth-order valence-electron chi connectivity index (χ4n) is 2.54. The molecule has 0 unspecified atom stereocenters. The van der Waals surface area contributed by atoms with Crippen molar-refractivity contribution in [3.63, 3.8) is 0 Å². The van der Waals surface area contributed by atoms with Crippen LogP contribution in [0.15, 0.2) is 24.3 Å². The quantitative estimate of drug-likeness (QED) is 0.789. The summed E-state index contributed by atoms with van der Waals surface area (Å²) >= 11 is 0. The van der Waals surface area contributed by atoms with Crippen molar-refractivity contribution in [1.29, 1.82) is 0 Å². The molecule has 0 amide bonds. The molecule has 2 fully saturated rings. The molecule has 1 saturated carbocycles. The van der Waals surface area contributed by atoms with Gasteiger partial charge in [-0.05, 0) is 49.3 Å². The van der Waals surface area contributed by atoms with E-state index in [1.165, 1.54) is 32.2 Å². The molecule has 1 aromatic rings. The van der Waals surface area contributed by atoms with Gasteiger partial charge < -0.3 is 5.32 Å². The van der Waals surface area contributed by atoms with Crippen LogP contribution in [0.1, 0.15) is 62.6 Å². The average molecular weight is 217 g/mol. The van der Waals surface area contributed by atoms with Crippen molar-refractivity contribution < 1.29 is 0 Å². The lowest BCUT2D eigenvalue weighted by molar-refractivity contribution is 0.640. The van der Waals surface area contributed by atoms with E-state index in [0.29, 0.717) is 6.04 Å². The zero-order valence-corrected chi connectivity index (χ0v) is 10.5. The maximum atomic E-state index is 3.60. The topological polar surface area (TPSA) is 12.0 Å². The summed E-state index contributed by atoms with van der Waals surface area (Å²) in [5.74, 6) is 0.883. The largest absolute Gasteiger partial charge is 0.310 e. The SMILES string of the molecule is CC.c1ccc([C@@H]2CCCN2)c(C2CC2)c1. The Balaban J connectivity index is 0.000000457. The lowest BCUT2D eigenvalue weighted by Gasteiger charge is -2.15. The van der Waals surface area contributed by atoms with Gasteiger partial charge in [-0.25, -0.2) is 0 Å². The van der Waals surface area contributed by atoms with E-state index in [4.69, 9.17) is 0 Å². The fourth-order valence-corrected chi connectivity index (χ4v) is 2.54. The Hall–Kier alpha value is -0.820. The maximum Gasteiger partial charge on any atom is 0.0323 e. The molecule has 0 bridgehead atoms. The zero-order valence-electron chi connectivity index (χ0n) is 10.5. The predicted octanol–water partition coefficient (Wildman–Crippen LogP) is 4.01. The van der Waals surface area contributed by atoms with E-state index in [9.17, 15) is 0 Å². The minimum Gasteiger partial charge on any atom is -0.310 e. The fraction of sp³-hybridized carbons (Fsp3) is 0.600. The highest BCUT2D eigenvalue weighted by Crippen LogP contribution is 2.43. The Kier molecular flexibility index (Phi) is 4.00. The molecular formula is C15H23N. The number of hydrogen-bond acceptors (Lipinski definition) is 1. The highest BCUT2D eigenvalue weighted by Gasteiger charge is 2.28. The van der Waals surface area contributed by atoms with E-state index < -0.39 is 0 Å². The van der Waals surface area contributed by atoms with Gasteiger partial charge in [0.15, 0.2) is 0 Å². The number of benzene rings is 1. The number of hydrogen-bond donors (Lipinski definition) is 1. The Morgan fingerprint density at radius 3 is 2.25 bits per heavy atom. The van der Waals surface area contributed by atoms with Crippen molar-refractivity contribution >= 4 is 0 Å². The molecule has 1 heterocycles. The molecule has 1 aliphatic carbocycles. The van der Waals surface area contributed by atoms with Crippen LogP contribution < -0.4 is 5.32 Å². The molecule has 2 aliphatic rings. The van der Waals surface area contributed by atoms with Crippen LogP contribution in [-0.2, 0) is 0 Å². The van der Waals surface area contributed by atoms with Gasteiger partial charge in [-0.1, -0.05) is 38.1 Å². The van der Waals surface area contributed by atoms with Crippen LogP contribution in [0.3, 0.4) is 0 Å². The number of nitrogens with one attached hydrogen (secondary N) is 1. The second-order valence-corrected chi connectivity index (χ2v) is 4.55. The summed E-state index contributed by atoms with van der Waals surface area (Å²) in [6.45, 7) is 5.20. The third-order valence-electron chi connectivity index (χ3n) is 3.45. The van der Waals surface area contributed by atoms with Crippen LogP contribution in [0.25, 0.3) is 0 Å². The van der Waals surface area contributed by atoms with Crippen molar-refractivity contribution in [1.82, 2.24) is 5.32 Å². The standard InChI is InChI=1S/C13H17N.C2H6/c1-2-5-12(13-6-3-9-14-13)11(4-1)10-7-8-10;1-2/h1-2,4-5,10,13-14H,3,6-9H2;1-2H3/t13-;/m0./s1. The van der Waals surface area contributed by atoms with E-state index in [0.717, 1.165) is 5.92 Å². The second-order valence-electron chi connectivity index (χ2n) is 4.55. The van der Waals surface area contributed by atoms with E-state index in [1.54, 1.807) is 11.1 Å². The van der Waals surface area contributed by atoms with Gasteiger partial charge in [0, 0.05) is 6.04 Å². The van der Waals surface area contributed by atoms with Gasteiger partial charge in [-0.3, -0.25) is 0 Å². The highest BCUT2D eigenvalue weighted by molar-refractivity contribution is 5.35. The smallest absolute Gasteiger partial charge is 0.0323 e. The number of rotatable bonds is 2. The van der Waals surface area contributed by atoms with Gasteiger partial charge in [0.05, 0.1) is 0 Å². The van der Waals surface area contributed by atoms with E-state index in [1.807, 2.05) is 13.8 Å². The van der Waals surface area contributed by atoms with Gasteiger partial charge in [-0.15, -0.1) is 0 Å². The molecule has 16 heavy (non-hydrogen) atoms. The van der Waals surface area contributed by atoms with Crippen molar-refractivity contribution in [3.8, 4) is 0 Å². The van der Waals surface area contributed by atoms with Crippen molar-refractivity contribution in [2.75, 3.05) is 6.54 Å². The predicted molar refractivity (Wildman–Crippen MR) is 69.7 cm³/mol. The third-order valence-corrected chi connectivity index (χ3v) is 3.45. The maximum absolute atomic E-state index is 3.60. The molecule has 1 N–H and O–H groups in total. The van der Waals surface area contributed by atoms with Crippen LogP contribution in [0, 0.1) is 0 Å². The molecule has 88 valence electrons. The molecule has 0 spiro atoms. The lowest BCUT2D eigenvalue weighted by atomic mass is 9.96. The summed E-state index contributed by atoms with van der Waals surface area (Å²) in [7, 11) is 0. The molecule has 0 aromatic heterocycles. The molecule has 1 nitrogen and oxygen atoms in total. The summed E-state index contributed by atoms with van der Waals surface area (Å²) in [6, 6.07) is 9.66. The summed E-state index contributed by atoms with van der Waals surface area (Å²) in [5, 5.41) is 3.60. The molecule has 3 rings (SSSR count). The van der Waals surface area contributed by atoms with Gasteiger partial charge in [0.1, 0.15) is 0 Å². The Labute approximate surface area is 99.3 Å². The highest BCUT2D eigenvalue weighted by atomic mass is 14.9. The molecule has 1 heteroatoms. The van der Waals surface area contributed by atoms with Gasteiger partial charge in [-0.2, -0.15) is 0 Å². The Morgan fingerprint density at radius 1 is 1.00 bits per heavy atom. The molecule has 1 aromatic carbocycles. The van der Waals surface area contributed by atoms with Crippen molar-refractivity contribution in [2.45, 2.75) is 51.5 Å². The van der Waals surface area contributed by atoms with E-state index >= 15 is 0 Å². The zero-order chi connectivity index (χ0) is 11.4. The lowest BCUT2D eigenvalue weighted by Crippen LogP contribution is -2.14. The molecule has 1 aliphatic heterocycles. The van der Waals surface area contributed by atoms with Crippen molar-refractivity contribution in [3.05, 3.63) is 35.4 Å². The molecule has 1 saturated heterocycles. The first-order valence-electron chi connectivity index (χ1n) is 6.77. The Morgan fingerprint density at radius 2 is 1.69 bits per heavy atom. The first kappa shape index (κ1) is 11.7. The Bertz CT molecular complexity index is 322. The summed E-state index contributed by atoms with van der Waals surface area (Å²) in [6.07, 6.45) is 5.47. The van der Waals surface area contributed by atoms with Crippen LogP contribution in [0.4, 0.5) is 0 Å². The summed E-state index contributed by atoms with van der Waals surface area (Å²) < 4.78 is 0. The van der Waals surface area contributed by atoms with Gasteiger partial charge in [0.2, 0.25) is 0 Å². The summed E-state index contributed by atoms with van der Waals surface area (Å²) in [4.78, 5) is 0. The average Bonchev–Trinajstić information content (AvgIpc) is 3.07. The normalized spacial score (nSPS) is 23.8. The third kappa shape index (κ3) is 2.46. The molecular weight excluding hydrogens is 194 g/mol. The van der Waals surface area contributed by atoms with Gasteiger partial charge >= 0.3 is 0 Å². The van der Waals surface area contributed by atoms with Crippen molar-refractivity contribution in [2.24, 2.45) is 0 Å². The second kappa shape index (κ2) is 5.49. The minimum absolute atomic E-state index is 0.645. The van der Waals surface area contributed by atoms with Gasteiger partial charge in [0.25, 0.3) is 0 Å². The monoisotopic (exact) mass is 217 g/mol. The van der Waals surface area contributed by atoms with E-state index in [2.05, 4.69) is 29.6 Å². The van der Waals surface area contributed by atoms with Crippen LogP contribution in [-0.4, -0.2) is 6.54 Å². The van der Waals surface area contributed by atoms with E-state index in [-0.39, 0.29) is 0 Å². The van der Waals surface area contributed by atoms with Crippen LogP contribution >= 0.6 is 0 Å². The molecule has 1 atom stereocenters.